The van der Waals surface area contributed by atoms with E-state index in [0.717, 1.165) is 23.2 Å². The summed E-state index contributed by atoms with van der Waals surface area (Å²) in [6.45, 7) is 3.58. The van der Waals surface area contributed by atoms with Crippen molar-refractivity contribution < 1.29 is 8.91 Å². The van der Waals surface area contributed by atoms with E-state index in [0.29, 0.717) is 29.3 Å². The summed E-state index contributed by atoms with van der Waals surface area (Å²) in [6, 6.07) is 4.91. The molecule has 0 aliphatic heterocycles. The zero-order chi connectivity index (χ0) is 16.2. The zero-order valence-corrected chi connectivity index (χ0v) is 13.7. The fraction of sp³-hybridized carbons (Fsp3) is 0.333. The van der Waals surface area contributed by atoms with E-state index in [1.54, 1.807) is 30.8 Å². The van der Waals surface area contributed by atoms with Gasteiger partial charge in [0.25, 0.3) is 0 Å². The summed E-state index contributed by atoms with van der Waals surface area (Å²) < 4.78 is 18.8. The minimum atomic E-state index is -0.271. The minimum absolute atomic E-state index is 0.271. The highest BCUT2D eigenvalue weighted by Crippen LogP contribution is 2.20. The Morgan fingerprint density at radius 1 is 1.26 bits per heavy atom. The molecule has 120 valence electrons. The van der Waals surface area contributed by atoms with Gasteiger partial charge in [0.2, 0.25) is 16.9 Å². The van der Waals surface area contributed by atoms with Crippen LogP contribution in [0.25, 0.3) is 11.4 Å². The van der Waals surface area contributed by atoms with Gasteiger partial charge in [0.1, 0.15) is 11.6 Å². The van der Waals surface area contributed by atoms with Crippen LogP contribution in [0.1, 0.15) is 23.7 Å². The molecule has 0 unspecified atom stereocenters. The monoisotopic (exact) mass is 333 g/mol. The Morgan fingerprint density at radius 3 is 2.87 bits per heavy atom. The number of aromatic nitrogens is 5. The van der Waals surface area contributed by atoms with Gasteiger partial charge in [-0.1, -0.05) is 29.1 Å². The van der Waals surface area contributed by atoms with E-state index >= 15 is 0 Å². The summed E-state index contributed by atoms with van der Waals surface area (Å²) in [6.07, 6.45) is 1.53. The molecule has 23 heavy (non-hydrogen) atoms. The third-order valence-electron chi connectivity index (χ3n) is 3.24. The van der Waals surface area contributed by atoms with E-state index in [9.17, 15) is 4.39 Å². The average molecular weight is 333 g/mol. The average Bonchev–Trinajstić information content (AvgIpc) is 3.16. The molecule has 0 aliphatic rings. The van der Waals surface area contributed by atoms with Crippen LogP contribution in [0.5, 0.6) is 0 Å². The molecule has 0 amide bonds. The molecule has 0 aliphatic carbocycles. The number of nitrogens with zero attached hydrogens (tertiary/aromatic N) is 4. The highest BCUT2D eigenvalue weighted by atomic mass is 32.2. The third kappa shape index (κ3) is 3.95. The maximum atomic E-state index is 13.6. The Labute approximate surface area is 136 Å². The molecule has 0 atom stereocenters. The maximum Gasteiger partial charge on any atom is 0.226 e. The number of aryl methyl sites for hydroxylation is 3. The van der Waals surface area contributed by atoms with Crippen molar-refractivity contribution in [2.24, 2.45) is 0 Å². The molecule has 1 N–H and O–H groups in total. The molecule has 0 radical (unpaired) electrons. The Morgan fingerprint density at radius 2 is 2.13 bits per heavy atom. The SMILES string of the molecule is Cc1nc(SCCCc2nc(-c3ccc(C)c(F)c3)no2)n[nH]1. The normalized spacial score (nSPS) is 11.1. The van der Waals surface area contributed by atoms with Crippen LogP contribution >= 0.6 is 11.8 Å². The number of benzene rings is 1. The lowest BCUT2D eigenvalue weighted by molar-refractivity contribution is 0.378. The van der Waals surface area contributed by atoms with Gasteiger partial charge >= 0.3 is 0 Å². The van der Waals surface area contributed by atoms with Crippen LogP contribution in [-0.2, 0) is 6.42 Å². The second-order valence-electron chi connectivity index (χ2n) is 5.13. The number of halogens is 1. The molecule has 0 bridgehead atoms. The Kier molecular flexibility index (Phi) is 4.71. The van der Waals surface area contributed by atoms with Gasteiger partial charge in [-0.3, -0.25) is 5.10 Å². The van der Waals surface area contributed by atoms with Crippen molar-refractivity contribution >= 4 is 11.8 Å². The lowest BCUT2D eigenvalue weighted by Crippen LogP contribution is -1.90. The van der Waals surface area contributed by atoms with E-state index in [1.165, 1.54) is 6.07 Å². The van der Waals surface area contributed by atoms with E-state index in [-0.39, 0.29) is 5.82 Å². The van der Waals surface area contributed by atoms with E-state index < -0.39 is 0 Å². The predicted molar refractivity (Wildman–Crippen MR) is 84.6 cm³/mol. The first kappa shape index (κ1) is 15.7. The predicted octanol–water partition coefficient (Wildman–Crippen LogP) is 3.34. The van der Waals surface area contributed by atoms with Gasteiger partial charge in [-0.25, -0.2) is 9.37 Å². The molecule has 0 fully saturated rings. The second kappa shape index (κ2) is 6.91. The molecule has 2 heterocycles. The smallest absolute Gasteiger partial charge is 0.226 e. The summed E-state index contributed by atoms with van der Waals surface area (Å²) in [5.41, 5.74) is 1.21. The summed E-state index contributed by atoms with van der Waals surface area (Å²) in [5.74, 6) is 2.35. The van der Waals surface area contributed by atoms with Crippen molar-refractivity contribution in [3.63, 3.8) is 0 Å². The van der Waals surface area contributed by atoms with Gasteiger partial charge in [-0.05, 0) is 31.9 Å². The number of hydrogen-bond donors (Lipinski definition) is 1. The first-order valence-corrected chi connectivity index (χ1v) is 8.21. The van der Waals surface area contributed by atoms with Gasteiger partial charge in [0.05, 0.1) is 0 Å². The van der Waals surface area contributed by atoms with Crippen LogP contribution in [0.3, 0.4) is 0 Å². The van der Waals surface area contributed by atoms with Crippen molar-refractivity contribution in [2.75, 3.05) is 5.75 Å². The van der Waals surface area contributed by atoms with Gasteiger partial charge in [-0.15, -0.1) is 5.10 Å². The first-order valence-electron chi connectivity index (χ1n) is 7.23. The molecule has 0 spiro atoms. The van der Waals surface area contributed by atoms with Gasteiger partial charge in [-0.2, -0.15) is 4.98 Å². The van der Waals surface area contributed by atoms with Crippen LogP contribution in [0.15, 0.2) is 27.9 Å². The van der Waals surface area contributed by atoms with Crippen LogP contribution in [0, 0.1) is 19.7 Å². The Balaban J connectivity index is 1.53. The summed E-state index contributed by atoms with van der Waals surface area (Å²) in [7, 11) is 0. The first-order chi connectivity index (χ1) is 11.1. The van der Waals surface area contributed by atoms with Crippen LogP contribution in [0.2, 0.25) is 0 Å². The molecular formula is C15H16FN5OS. The fourth-order valence-electron chi connectivity index (χ4n) is 1.98. The van der Waals surface area contributed by atoms with Gasteiger partial charge in [0.15, 0.2) is 0 Å². The molecule has 0 saturated carbocycles. The number of aromatic amines is 1. The molecular weight excluding hydrogens is 317 g/mol. The summed E-state index contributed by atoms with van der Waals surface area (Å²) in [5, 5.41) is 11.5. The molecule has 1 aromatic carbocycles. The molecule has 0 saturated heterocycles. The molecule has 8 heteroatoms. The van der Waals surface area contributed by atoms with E-state index in [2.05, 4.69) is 25.3 Å². The number of thioether (sulfide) groups is 1. The van der Waals surface area contributed by atoms with Crippen molar-refractivity contribution in [3.05, 3.63) is 41.3 Å². The number of rotatable bonds is 6. The Hall–Kier alpha value is -2.22. The van der Waals surface area contributed by atoms with Crippen molar-refractivity contribution in [2.45, 2.75) is 31.8 Å². The molecule has 2 aromatic heterocycles. The standard InChI is InChI=1S/C15H16FN5OS/c1-9-5-6-11(8-12(9)16)14-18-13(22-21-14)4-3-7-23-15-17-10(2)19-20-15/h5-6,8H,3-4,7H2,1-2H3,(H,17,19,20). The minimum Gasteiger partial charge on any atom is -0.339 e. The van der Waals surface area contributed by atoms with Crippen LogP contribution in [-0.4, -0.2) is 31.1 Å². The number of hydrogen-bond acceptors (Lipinski definition) is 6. The highest BCUT2D eigenvalue weighted by molar-refractivity contribution is 7.99. The fourth-order valence-corrected chi connectivity index (χ4v) is 2.76. The maximum absolute atomic E-state index is 13.6. The lowest BCUT2D eigenvalue weighted by atomic mass is 10.1. The van der Waals surface area contributed by atoms with E-state index in [1.807, 2.05) is 6.92 Å². The van der Waals surface area contributed by atoms with Crippen molar-refractivity contribution in [3.8, 4) is 11.4 Å². The van der Waals surface area contributed by atoms with Gasteiger partial charge in [0, 0.05) is 17.7 Å². The number of nitrogens with one attached hydrogen (secondary N) is 1. The van der Waals surface area contributed by atoms with Crippen LogP contribution < -0.4 is 0 Å². The lowest BCUT2D eigenvalue weighted by Gasteiger charge is -1.97. The molecule has 6 nitrogen and oxygen atoms in total. The van der Waals surface area contributed by atoms with Crippen molar-refractivity contribution in [1.82, 2.24) is 25.3 Å². The summed E-state index contributed by atoms with van der Waals surface area (Å²) >= 11 is 1.57. The summed E-state index contributed by atoms with van der Waals surface area (Å²) in [4.78, 5) is 8.53. The largest absolute Gasteiger partial charge is 0.339 e. The zero-order valence-electron chi connectivity index (χ0n) is 12.8. The Bertz CT molecular complexity index is 801. The molecule has 3 aromatic rings. The quantitative estimate of drug-likeness (QED) is 0.550. The number of H-pyrrole nitrogens is 1. The second-order valence-corrected chi connectivity index (χ2v) is 6.19. The topological polar surface area (TPSA) is 80.5 Å². The van der Waals surface area contributed by atoms with Crippen molar-refractivity contribution in [1.29, 1.82) is 0 Å². The third-order valence-corrected chi connectivity index (χ3v) is 4.17. The van der Waals surface area contributed by atoms with Gasteiger partial charge < -0.3 is 4.52 Å². The van der Waals surface area contributed by atoms with Crippen LogP contribution in [0.4, 0.5) is 4.39 Å². The van der Waals surface area contributed by atoms with E-state index in [4.69, 9.17) is 4.52 Å². The molecule has 3 rings (SSSR count). The highest BCUT2D eigenvalue weighted by Gasteiger charge is 2.10.